The number of carbonyl (C=O) groups excluding carboxylic acids is 1. The molecule has 0 bridgehead atoms. The van der Waals surface area contributed by atoms with Crippen LogP contribution in [-0.2, 0) is 24.9 Å². The van der Waals surface area contributed by atoms with Crippen molar-refractivity contribution in [2.75, 3.05) is 0 Å². The maximum absolute atomic E-state index is 12.1. The predicted molar refractivity (Wildman–Crippen MR) is 111 cm³/mol. The Balaban J connectivity index is 1.44. The first-order valence-electron chi connectivity index (χ1n) is 9.37. The van der Waals surface area contributed by atoms with E-state index in [1.165, 1.54) is 0 Å². The lowest BCUT2D eigenvalue weighted by Gasteiger charge is -2.07. The van der Waals surface area contributed by atoms with Crippen molar-refractivity contribution in [3.63, 3.8) is 0 Å². The van der Waals surface area contributed by atoms with Crippen molar-refractivity contribution in [1.29, 1.82) is 0 Å². The standard InChI is InChI=1S/C22H22N6O/c1-16-11-25-28(13-16)15-21(29)24-12-17-3-5-19(6-4-17)22-20(14-27(2)26-22)18-7-9-23-10-8-18/h3-11,13-14H,12,15H2,1-2H3,(H,24,29). The second-order valence-corrected chi connectivity index (χ2v) is 6.99. The van der Waals surface area contributed by atoms with E-state index in [-0.39, 0.29) is 12.5 Å². The van der Waals surface area contributed by atoms with E-state index in [0.717, 1.165) is 33.5 Å². The molecular weight excluding hydrogens is 364 g/mol. The quantitative estimate of drug-likeness (QED) is 0.553. The van der Waals surface area contributed by atoms with Gasteiger partial charge in [-0.05, 0) is 35.7 Å². The first-order chi connectivity index (χ1) is 14.1. The normalized spacial score (nSPS) is 10.8. The van der Waals surface area contributed by atoms with Crippen molar-refractivity contribution in [3.05, 3.63) is 78.5 Å². The van der Waals surface area contributed by atoms with E-state index in [0.29, 0.717) is 6.54 Å². The highest BCUT2D eigenvalue weighted by Gasteiger charge is 2.12. The molecule has 0 fully saturated rings. The van der Waals surface area contributed by atoms with E-state index < -0.39 is 0 Å². The van der Waals surface area contributed by atoms with Crippen molar-refractivity contribution < 1.29 is 4.79 Å². The fourth-order valence-corrected chi connectivity index (χ4v) is 3.18. The van der Waals surface area contributed by atoms with Crippen LogP contribution in [0.3, 0.4) is 0 Å². The number of amides is 1. The Hall–Kier alpha value is -3.74. The highest BCUT2D eigenvalue weighted by atomic mass is 16.2. The summed E-state index contributed by atoms with van der Waals surface area (Å²) < 4.78 is 3.45. The molecule has 4 aromatic rings. The van der Waals surface area contributed by atoms with E-state index in [1.807, 2.05) is 67.4 Å². The summed E-state index contributed by atoms with van der Waals surface area (Å²) in [7, 11) is 1.92. The van der Waals surface area contributed by atoms with E-state index in [4.69, 9.17) is 0 Å². The molecule has 0 saturated heterocycles. The van der Waals surface area contributed by atoms with Gasteiger partial charge in [-0.2, -0.15) is 10.2 Å². The van der Waals surface area contributed by atoms with E-state index in [2.05, 4.69) is 20.5 Å². The van der Waals surface area contributed by atoms with Gasteiger partial charge in [0, 0.05) is 49.5 Å². The van der Waals surface area contributed by atoms with Crippen LogP contribution >= 0.6 is 0 Å². The fourth-order valence-electron chi connectivity index (χ4n) is 3.18. The second kappa shape index (κ2) is 8.10. The Kier molecular flexibility index (Phi) is 5.20. The number of carbonyl (C=O) groups is 1. The number of nitrogens with one attached hydrogen (secondary N) is 1. The summed E-state index contributed by atoms with van der Waals surface area (Å²) in [5, 5.41) is 11.7. The van der Waals surface area contributed by atoms with Crippen LogP contribution in [0.2, 0.25) is 0 Å². The minimum absolute atomic E-state index is 0.0677. The third-order valence-electron chi connectivity index (χ3n) is 4.61. The lowest BCUT2D eigenvalue weighted by Crippen LogP contribution is -2.27. The molecule has 3 aromatic heterocycles. The number of aryl methyl sites for hydroxylation is 2. The number of hydrogen-bond donors (Lipinski definition) is 1. The number of aromatic nitrogens is 5. The Morgan fingerprint density at radius 2 is 1.79 bits per heavy atom. The number of rotatable bonds is 6. The number of benzene rings is 1. The maximum atomic E-state index is 12.1. The monoisotopic (exact) mass is 386 g/mol. The third kappa shape index (κ3) is 4.40. The molecule has 0 saturated carbocycles. The van der Waals surface area contributed by atoms with Gasteiger partial charge in [0.2, 0.25) is 5.91 Å². The first kappa shape index (κ1) is 18.6. The van der Waals surface area contributed by atoms with Gasteiger partial charge in [0.05, 0.1) is 6.20 Å². The van der Waals surface area contributed by atoms with Crippen LogP contribution < -0.4 is 5.32 Å². The van der Waals surface area contributed by atoms with Crippen LogP contribution in [0.25, 0.3) is 22.4 Å². The lowest BCUT2D eigenvalue weighted by molar-refractivity contribution is -0.122. The molecule has 7 nitrogen and oxygen atoms in total. The smallest absolute Gasteiger partial charge is 0.241 e. The number of pyridine rings is 1. The molecule has 3 heterocycles. The van der Waals surface area contributed by atoms with Gasteiger partial charge in [-0.3, -0.25) is 19.1 Å². The Bertz CT molecular complexity index is 1110. The van der Waals surface area contributed by atoms with E-state index in [9.17, 15) is 4.79 Å². The average Bonchev–Trinajstić information content (AvgIpc) is 3.32. The molecular formula is C22H22N6O. The molecule has 0 unspecified atom stereocenters. The summed E-state index contributed by atoms with van der Waals surface area (Å²) in [5.41, 5.74) is 6.15. The van der Waals surface area contributed by atoms with Crippen LogP contribution in [0.4, 0.5) is 0 Å². The van der Waals surface area contributed by atoms with Gasteiger partial charge in [-0.1, -0.05) is 24.3 Å². The second-order valence-electron chi connectivity index (χ2n) is 6.99. The molecule has 1 aromatic carbocycles. The van der Waals surface area contributed by atoms with Gasteiger partial charge >= 0.3 is 0 Å². The topological polar surface area (TPSA) is 77.6 Å². The van der Waals surface area contributed by atoms with Crippen molar-refractivity contribution >= 4 is 5.91 Å². The molecule has 1 amide bonds. The first-order valence-corrected chi connectivity index (χ1v) is 9.37. The number of nitrogens with zero attached hydrogens (tertiary/aromatic N) is 5. The molecule has 0 aliphatic carbocycles. The van der Waals surface area contributed by atoms with Gasteiger partial charge < -0.3 is 5.32 Å². The van der Waals surface area contributed by atoms with Crippen LogP contribution in [0.1, 0.15) is 11.1 Å². The third-order valence-corrected chi connectivity index (χ3v) is 4.61. The summed E-state index contributed by atoms with van der Waals surface area (Å²) >= 11 is 0. The van der Waals surface area contributed by atoms with Gasteiger partial charge in [-0.25, -0.2) is 0 Å². The molecule has 0 aliphatic rings. The Labute approximate surface area is 169 Å². The molecule has 7 heteroatoms. The number of hydrogen-bond acceptors (Lipinski definition) is 4. The molecule has 0 atom stereocenters. The zero-order valence-electron chi connectivity index (χ0n) is 16.4. The highest BCUT2D eigenvalue weighted by molar-refractivity contribution is 5.80. The zero-order valence-corrected chi connectivity index (χ0v) is 16.4. The zero-order chi connectivity index (χ0) is 20.2. The van der Waals surface area contributed by atoms with Gasteiger partial charge in [0.1, 0.15) is 12.2 Å². The minimum Gasteiger partial charge on any atom is -0.350 e. The van der Waals surface area contributed by atoms with Crippen LogP contribution in [-0.4, -0.2) is 30.5 Å². The summed E-state index contributed by atoms with van der Waals surface area (Å²) in [6, 6.07) is 12.0. The summed E-state index contributed by atoms with van der Waals surface area (Å²) in [5.74, 6) is -0.0677. The molecule has 0 aliphatic heterocycles. The van der Waals surface area contributed by atoms with E-state index >= 15 is 0 Å². The van der Waals surface area contributed by atoms with Gasteiger partial charge in [0.15, 0.2) is 0 Å². The maximum Gasteiger partial charge on any atom is 0.241 e. The minimum atomic E-state index is -0.0677. The Morgan fingerprint density at radius 1 is 1.03 bits per heavy atom. The molecule has 4 rings (SSSR count). The predicted octanol–water partition coefficient (Wildman–Crippen LogP) is 2.97. The average molecular weight is 386 g/mol. The fraction of sp³-hybridized carbons (Fsp3) is 0.182. The van der Waals surface area contributed by atoms with Gasteiger partial charge in [0.25, 0.3) is 0 Å². The van der Waals surface area contributed by atoms with Crippen molar-refractivity contribution in [2.45, 2.75) is 20.0 Å². The SMILES string of the molecule is Cc1cnn(CC(=O)NCc2ccc(-c3nn(C)cc3-c3ccncc3)cc2)c1. The van der Waals surface area contributed by atoms with Crippen LogP contribution in [0, 0.1) is 6.92 Å². The van der Waals surface area contributed by atoms with Crippen molar-refractivity contribution in [2.24, 2.45) is 7.05 Å². The largest absolute Gasteiger partial charge is 0.350 e. The van der Waals surface area contributed by atoms with Crippen LogP contribution in [0.15, 0.2) is 67.4 Å². The molecule has 146 valence electrons. The lowest BCUT2D eigenvalue weighted by atomic mass is 10.0. The van der Waals surface area contributed by atoms with Crippen LogP contribution in [0.5, 0.6) is 0 Å². The Morgan fingerprint density at radius 3 is 2.48 bits per heavy atom. The highest BCUT2D eigenvalue weighted by Crippen LogP contribution is 2.30. The molecule has 29 heavy (non-hydrogen) atoms. The molecule has 0 radical (unpaired) electrons. The van der Waals surface area contributed by atoms with Crippen molar-refractivity contribution in [1.82, 2.24) is 29.9 Å². The summed E-state index contributed by atoms with van der Waals surface area (Å²) in [6.07, 6.45) is 9.16. The summed E-state index contributed by atoms with van der Waals surface area (Å²) in [6.45, 7) is 2.64. The van der Waals surface area contributed by atoms with Gasteiger partial charge in [-0.15, -0.1) is 0 Å². The van der Waals surface area contributed by atoms with Crippen molar-refractivity contribution in [3.8, 4) is 22.4 Å². The summed E-state index contributed by atoms with van der Waals surface area (Å²) in [4.78, 5) is 16.2. The van der Waals surface area contributed by atoms with E-state index in [1.54, 1.807) is 23.3 Å². The molecule has 0 spiro atoms. The molecule has 1 N–H and O–H groups in total.